The van der Waals surface area contributed by atoms with Gasteiger partial charge in [-0.25, -0.2) is 14.8 Å². The lowest BCUT2D eigenvalue weighted by Crippen LogP contribution is -2.43. The number of carbonyl (C=O) groups is 1. The molecule has 1 saturated heterocycles. The Hall–Kier alpha value is -1.50. The minimum atomic E-state index is -0.831. The van der Waals surface area contributed by atoms with Gasteiger partial charge in [0.1, 0.15) is 0 Å². The molecule has 1 aliphatic carbocycles. The summed E-state index contributed by atoms with van der Waals surface area (Å²) in [7, 11) is -0.831. The summed E-state index contributed by atoms with van der Waals surface area (Å²) in [5, 5.41) is 3.25. The zero-order valence-corrected chi connectivity index (χ0v) is 13.6. The third kappa shape index (κ3) is 3.63. The van der Waals surface area contributed by atoms with Gasteiger partial charge in [-0.2, -0.15) is 0 Å². The molecule has 1 saturated carbocycles. The van der Waals surface area contributed by atoms with Crippen molar-refractivity contribution in [3.63, 3.8) is 0 Å². The second-order valence-corrected chi connectivity index (χ2v) is 8.02. The minimum Gasteiger partial charge on any atom is -0.328 e. The summed E-state index contributed by atoms with van der Waals surface area (Å²) in [6.07, 6.45) is 6.41. The first kappa shape index (κ1) is 15.4. The largest absolute Gasteiger partial charge is 0.328 e. The molecule has 3 rings (SSSR count). The molecule has 1 aromatic rings. The van der Waals surface area contributed by atoms with E-state index in [1.807, 2.05) is 6.92 Å². The van der Waals surface area contributed by atoms with Gasteiger partial charge in [-0.3, -0.25) is 4.21 Å². The number of amides is 2. The van der Waals surface area contributed by atoms with Crippen molar-refractivity contribution in [2.45, 2.75) is 37.5 Å². The summed E-state index contributed by atoms with van der Waals surface area (Å²) in [5.74, 6) is 1.68. The lowest BCUT2D eigenvalue weighted by Gasteiger charge is -2.24. The number of nitrogens with one attached hydrogen (secondary N) is 1. The van der Waals surface area contributed by atoms with Crippen molar-refractivity contribution >= 4 is 16.8 Å². The zero-order chi connectivity index (χ0) is 15.5. The fourth-order valence-electron chi connectivity index (χ4n) is 2.70. The summed E-state index contributed by atoms with van der Waals surface area (Å²) < 4.78 is 11.9. The monoisotopic (exact) mass is 322 g/mol. The fourth-order valence-corrected chi connectivity index (χ4v) is 3.87. The average molecular weight is 322 g/mol. The van der Waals surface area contributed by atoms with Gasteiger partial charge < -0.3 is 10.2 Å². The predicted octanol–water partition coefficient (Wildman–Crippen LogP) is 1.48. The van der Waals surface area contributed by atoms with Crippen LogP contribution in [0, 0.1) is 5.92 Å². The molecule has 0 radical (unpaired) electrons. The van der Waals surface area contributed by atoms with Gasteiger partial charge in [0.25, 0.3) is 0 Å². The number of hydrogen-bond donors (Lipinski definition) is 1. The predicted molar refractivity (Wildman–Crippen MR) is 84.7 cm³/mol. The van der Waals surface area contributed by atoms with Gasteiger partial charge in [0.05, 0.1) is 6.04 Å². The zero-order valence-electron chi connectivity index (χ0n) is 12.8. The van der Waals surface area contributed by atoms with Crippen molar-refractivity contribution < 1.29 is 9.00 Å². The van der Waals surface area contributed by atoms with Crippen LogP contribution in [-0.2, 0) is 10.8 Å². The van der Waals surface area contributed by atoms with Crippen molar-refractivity contribution in [1.29, 1.82) is 0 Å². The lowest BCUT2D eigenvalue weighted by atomic mass is 10.1. The first-order chi connectivity index (χ1) is 10.6. The topological polar surface area (TPSA) is 75.2 Å². The van der Waals surface area contributed by atoms with E-state index in [9.17, 15) is 9.00 Å². The number of rotatable bonds is 3. The smallest absolute Gasteiger partial charge is 0.318 e. The van der Waals surface area contributed by atoms with Gasteiger partial charge in [-0.1, -0.05) is 6.92 Å². The van der Waals surface area contributed by atoms with E-state index in [1.165, 1.54) is 0 Å². The van der Waals surface area contributed by atoms with Crippen molar-refractivity contribution in [1.82, 2.24) is 20.2 Å². The second-order valence-electron chi connectivity index (χ2n) is 6.04. The van der Waals surface area contributed by atoms with Crippen molar-refractivity contribution in [2.75, 3.05) is 18.8 Å². The second kappa shape index (κ2) is 6.73. The molecule has 0 bridgehead atoms. The van der Waals surface area contributed by atoms with Crippen molar-refractivity contribution in [2.24, 2.45) is 5.92 Å². The maximum atomic E-state index is 12.5. The maximum Gasteiger partial charge on any atom is 0.318 e. The highest BCUT2D eigenvalue weighted by Crippen LogP contribution is 2.39. The van der Waals surface area contributed by atoms with Gasteiger partial charge in [0.15, 0.2) is 5.82 Å². The van der Waals surface area contributed by atoms with E-state index in [0.29, 0.717) is 30.6 Å². The summed E-state index contributed by atoms with van der Waals surface area (Å²) in [6, 6.07) is 1.58. The molecule has 2 heterocycles. The molecular formula is C15H22N4O2S. The Kier molecular flexibility index (Phi) is 4.71. The number of nitrogens with zero attached hydrogens (tertiary/aromatic N) is 3. The number of aromatic nitrogens is 2. The molecule has 6 nitrogen and oxygen atoms in total. The molecule has 3 atom stereocenters. The Bertz CT molecular complexity index is 550. The average Bonchev–Trinajstić information content (AvgIpc) is 3.37. The van der Waals surface area contributed by atoms with E-state index in [0.717, 1.165) is 19.3 Å². The molecule has 7 heteroatoms. The van der Waals surface area contributed by atoms with Gasteiger partial charge in [-0.15, -0.1) is 0 Å². The number of urea groups is 1. The Morgan fingerprint density at radius 2 is 2.05 bits per heavy atom. The molecule has 22 heavy (non-hydrogen) atoms. The van der Waals surface area contributed by atoms with E-state index < -0.39 is 10.8 Å². The summed E-state index contributed by atoms with van der Waals surface area (Å²) in [4.78, 5) is 22.9. The molecule has 1 aromatic heterocycles. The molecule has 1 N–H and O–H groups in total. The Labute approximate surface area is 133 Å². The van der Waals surface area contributed by atoms with E-state index in [1.54, 1.807) is 23.4 Å². The Morgan fingerprint density at radius 3 is 2.73 bits per heavy atom. The molecule has 2 amide bonds. The van der Waals surface area contributed by atoms with Crippen molar-refractivity contribution in [3.05, 3.63) is 24.3 Å². The number of hydrogen-bond acceptors (Lipinski definition) is 4. The van der Waals surface area contributed by atoms with Gasteiger partial charge in [0, 0.05) is 47.3 Å². The minimum absolute atomic E-state index is 0.0875. The van der Waals surface area contributed by atoms with E-state index in [2.05, 4.69) is 15.3 Å². The normalized spacial score (nSPS) is 27.0. The molecular weight excluding hydrogens is 300 g/mol. The van der Waals surface area contributed by atoms with Crippen LogP contribution in [0.25, 0.3) is 0 Å². The highest BCUT2D eigenvalue weighted by Gasteiger charge is 2.36. The van der Waals surface area contributed by atoms with E-state index in [-0.39, 0.29) is 17.3 Å². The van der Waals surface area contributed by atoms with Crippen LogP contribution in [0.5, 0.6) is 0 Å². The molecule has 2 fully saturated rings. The van der Waals surface area contributed by atoms with Crippen LogP contribution in [0.15, 0.2) is 18.5 Å². The Morgan fingerprint density at radius 1 is 1.32 bits per heavy atom. The summed E-state index contributed by atoms with van der Waals surface area (Å²) in [5.41, 5.74) is 0. The van der Waals surface area contributed by atoms with E-state index >= 15 is 0 Å². The third-order valence-corrected chi connectivity index (χ3v) is 6.06. The maximum absolute atomic E-state index is 12.5. The quantitative estimate of drug-likeness (QED) is 0.914. The van der Waals surface area contributed by atoms with Crippen LogP contribution in [-0.4, -0.2) is 49.2 Å². The molecule has 1 aliphatic heterocycles. The Balaban J connectivity index is 1.65. The van der Waals surface area contributed by atoms with Gasteiger partial charge >= 0.3 is 6.03 Å². The number of carbonyl (C=O) groups excluding carboxylic acids is 1. The summed E-state index contributed by atoms with van der Waals surface area (Å²) >= 11 is 0. The SMILES string of the molecule is CC1CCN(C(=O)NC(c2ncccn2)C2CC2)CCS1=O. The van der Waals surface area contributed by atoms with Crippen LogP contribution in [0.4, 0.5) is 4.79 Å². The summed E-state index contributed by atoms with van der Waals surface area (Å²) in [6.45, 7) is 3.20. The van der Waals surface area contributed by atoms with Crippen LogP contribution in [0.1, 0.15) is 38.1 Å². The standard InChI is InChI=1S/C15H22N4O2S/c1-11-5-8-19(9-10-22(11)21)15(20)18-13(12-3-4-12)14-16-6-2-7-17-14/h2,6-7,11-13H,3-5,8-10H2,1H3,(H,18,20). The van der Waals surface area contributed by atoms with Gasteiger partial charge in [-0.05, 0) is 31.2 Å². The van der Waals surface area contributed by atoms with Crippen LogP contribution in [0.3, 0.4) is 0 Å². The van der Waals surface area contributed by atoms with Gasteiger partial charge in [0.2, 0.25) is 0 Å². The highest BCUT2D eigenvalue weighted by molar-refractivity contribution is 7.85. The van der Waals surface area contributed by atoms with Crippen LogP contribution < -0.4 is 5.32 Å². The highest BCUT2D eigenvalue weighted by atomic mass is 32.2. The third-order valence-electron chi connectivity index (χ3n) is 4.34. The molecule has 0 aromatic carbocycles. The van der Waals surface area contributed by atoms with Crippen LogP contribution >= 0.6 is 0 Å². The molecule has 120 valence electrons. The first-order valence-electron chi connectivity index (χ1n) is 7.84. The van der Waals surface area contributed by atoms with Crippen molar-refractivity contribution in [3.8, 4) is 0 Å². The molecule has 2 aliphatic rings. The van der Waals surface area contributed by atoms with Crippen LogP contribution in [0.2, 0.25) is 0 Å². The lowest BCUT2D eigenvalue weighted by molar-refractivity contribution is 0.195. The molecule has 0 spiro atoms. The fraction of sp³-hybridized carbons (Fsp3) is 0.667. The first-order valence-corrected chi connectivity index (χ1v) is 9.23. The molecule has 3 unspecified atom stereocenters. The van der Waals surface area contributed by atoms with E-state index in [4.69, 9.17) is 0 Å².